The van der Waals surface area contributed by atoms with Crippen molar-refractivity contribution in [2.75, 3.05) is 6.54 Å². The molecule has 108 valence electrons. The number of nitrogens with one attached hydrogen (secondary N) is 1. The molecule has 0 saturated heterocycles. The fourth-order valence-corrected chi connectivity index (χ4v) is 1.66. The minimum absolute atomic E-state index is 0.105. The Balaban J connectivity index is 2.42. The van der Waals surface area contributed by atoms with E-state index in [1.165, 1.54) is 0 Å². The summed E-state index contributed by atoms with van der Waals surface area (Å²) in [6, 6.07) is 9.32. The molecule has 0 aliphatic carbocycles. The van der Waals surface area contributed by atoms with E-state index in [1.54, 1.807) is 19.1 Å². The van der Waals surface area contributed by atoms with E-state index in [0.717, 1.165) is 12.0 Å². The van der Waals surface area contributed by atoms with Gasteiger partial charge in [0.25, 0.3) is 5.91 Å². The summed E-state index contributed by atoms with van der Waals surface area (Å²) >= 11 is 0. The molecule has 1 N–H and O–H groups in total. The smallest absolute Gasteiger partial charge is 0.260 e. The number of hydrogen-bond donors (Lipinski definition) is 1. The van der Waals surface area contributed by atoms with Crippen LogP contribution in [0.1, 0.15) is 32.8 Å². The van der Waals surface area contributed by atoms with Crippen molar-refractivity contribution in [3.05, 3.63) is 29.8 Å². The van der Waals surface area contributed by atoms with Gasteiger partial charge in [0, 0.05) is 6.54 Å². The van der Waals surface area contributed by atoms with E-state index >= 15 is 0 Å². The Morgan fingerprint density at radius 3 is 2.50 bits per heavy atom. The van der Waals surface area contributed by atoms with Gasteiger partial charge < -0.3 is 10.1 Å². The third kappa shape index (κ3) is 5.75. The highest BCUT2D eigenvalue weighted by Gasteiger charge is 2.14. The molecule has 1 amide bonds. The molecule has 4 heteroatoms. The number of nitriles is 1. The van der Waals surface area contributed by atoms with Gasteiger partial charge in [-0.25, -0.2) is 0 Å². The summed E-state index contributed by atoms with van der Waals surface area (Å²) < 4.78 is 5.57. The zero-order valence-electron chi connectivity index (χ0n) is 12.3. The van der Waals surface area contributed by atoms with Crippen LogP contribution in [0.2, 0.25) is 0 Å². The third-order valence-electron chi connectivity index (χ3n) is 2.91. The van der Waals surface area contributed by atoms with E-state index in [0.29, 0.717) is 24.6 Å². The van der Waals surface area contributed by atoms with Crippen LogP contribution in [0.25, 0.3) is 0 Å². The molecule has 0 saturated carbocycles. The summed E-state index contributed by atoms with van der Waals surface area (Å²) in [7, 11) is 0. The standard InChI is InChI=1S/C16H22N2O2/c1-12(2)9-11-18-16(19)13(3)20-15-6-4-14(5-7-15)8-10-17/h4-7,12-13H,8-9,11H2,1-3H3,(H,18,19). The fraction of sp³-hybridized carbons (Fsp3) is 0.500. The first kappa shape index (κ1) is 16.0. The number of ether oxygens (including phenoxy) is 1. The average molecular weight is 274 g/mol. The second-order valence-corrected chi connectivity index (χ2v) is 5.21. The summed E-state index contributed by atoms with van der Waals surface area (Å²) in [5, 5.41) is 11.5. The van der Waals surface area contributed by atoms with Crippen LogP contribution in [0.5, 0.6) is 5.75 Å². The summed E-state index contributed by atoms with van der Waals surface area (Å²) in [6.45, 7) is 6.64. The molecule has 0 bridgehead atoms. The number of carbonyl (C=O) groups is 1. The molecule has 1 atom stereocenters. The number of carbonyl (C=O) groups excluding carboxylic acids is 1. The molecule has 0 aliphatic rings. The van der Waals surface area contributed by atoms with E-state index < -0.39 is 6.10 Å². The Hall–Kier alpha value is -2.02. The maximum atomic E-state index is 11.8. The zero-order valence-corrected chi connectivity index (χ0v) is 12.3. The SMILES string of the molecule is CC(C)CCNC(=O)C(C)Oc1ccc(CC#N)cc1. The van der Waals surface area contributed by atoms with Crippen LogP contribution in [-0.2, 0) is 11.2 Å². The fourth-order valence-electron chi connectivity index (χ4n) is 1.66. The van der Waals surface area contributed by atoms with Crippen LogP contribution in [0.15, 0.2) is 24.3 Å². The van der Waals surface area contributed by atoms with E-state index in [9.17, 15) is 4.79 Å². The maximum Gasteiger partial charge on any atom is 0.260 e. The molecule has 0 heterocycles. The van der Waals surface area contributed by atoms with Crippen LogP contribution < -0.4 is 10.1 Å². The predicted octanol–water partition coefficient (Wildman–Crippen LogP) is 2.68. The molecule has 1 aromatic carbocycles. The average Bonchev–Trinajstić information content (AvgIpc) is 2.40. The summed E-state index contributed by atoms with van der Waals surface area (Å²) in [4.78, 5) is 11.8. The van der Waals surface area contributed by atoms with Gasteiger partial charge in [0.05, 0.1) is 12.5 Å². The highest BCUT2D eigenvalue weighted by Crippen LogP contribution is 2.14. The predicted molar refractivity (Wildman–Crippen MR) is 78.3 cm³/mol. The molecule has 1 rings (SSSR count). The first-order valence-electron chi connectivity index (χ1n) is 6.93. The number of benzene rings is 1. The summed E-state index contributed by atoms with van der Waals surface area (Å²) in [5.74, 6) is 1.10. The van der Waals surface area contributed by atoms with Crippen molar-refractivity contribution in [1.29, 1.82) is 5.26 Å². The highest BCUT2D eigenvalue weighted by atomic mass is 16.5. The van der Waals surface area contributed by atoms with Crippen molar-refractivity contribution in [3.8, 4) is 11.8 Å². The van der Waals surface area contributed by atoms with Crippen molar-refractivity contribution >= 4 is 5.91 Å². The van der Waals surface area contributed by atoms with Crippen LogP contribution >= 0.6 is 0 Å². The number of amides is 1. The largest absolute Gasteiger partial charge is 0.481 e. The second kappa shape index (κ2) is 8.21. The van der Waals surface area contributed by atoms with Crippen LogP contribution in [0, 0.1) is 17.2 Å². The first-order chi connectivity index (χ1) is 9.52. The minimum Gasteiger partial charge on any atom is -0.481 e. The van der Waals surface area contributed by atoms with Crippen LogP contribution in [-0.4, -0.2) is 18.6 Å². The molecule has 0 radical (unpaired) electrons. The maximum absolute atomic E-state index is 11.8. The lowest BCUT2D eigenvalue weighted by Crippen LogP contribution is -2.37. The van der Waals surface area contributed by atoms with Gasteiger partial charge in [-0.3, -0.25) is 4.79 Å². The zero-order chi connectivity index (χ0) is 15.0. The van der Waals surface area contributed by atoms with Gasteiger partial charge in [-0.15, -0.1) is 0 Å². The quantitative estimate of drug-likeness (QED) is 0.831. The number of hydrogen-bond acceptors (Lipinski definition) is 3. The topological polar surface area (TPSA) is 62.1 Å². The van der Waals surface area contributed by atoms with Crippen molar-refractivity contribution in [2.45, 2.75) is 39.7 Å². The van der Waals surface area contributed by atoms with Crippen molar-refractivity contribution < 1.29 is 9.53 Å². The molecular formula is C16H22N2O2. The monoisotopic (exact) mass is 274 g/mol. The number of nitrogens with zero attached hydrogens (tertiary/aromatic N) is 1. The van der Waals surface area contributed by atoms with Gasteiger partial charge >= 0.3 is 0 Å². The highest BCUT2D eigenvalue weighted by molar-refractivity contribution is 5.80. The van der Waals surface area contributed by atoms with Crippen molar-refractivity contribution in [2.24, 2.45) is 5.92 Å². The third-order valence-corrected chi connectivity index (χ3v) is 2.91. The van der Waals surface area contributed by atoms with Gasteiger partial charge in [0.2, 0.25) is 0 Å². The normalized spacial score (nSPS) is 11.8. The Morgan fingerprint density at radius 1 is 1.30 bits per heavy atom. The number of rotatable bonds is 7. The van der Waals surface area contributed by atoms with Gasteiger partial charge in [0.1, 0.15) is 5.75 Å². The Kier molecular flexibility index (Phi) is 6.58. The van der Waals surface area contributed by atoms with Gasteiger partial charge in [-0.2, -0.15) is 5.26 Å². The lowest BCUT2D eigenvalue weighted by molar-refractivity contribution is -0.127. The summed E-state index contributed by atoms with van der Waals surface area (Å²) in [6.07, 6.45) is 0.816. The lowest BCUT2D eigenvalue weighted by Gasteiger charge is -2.15. The molecule has 0 aliphatic heterocycles. The lowest BCUT2D eigenvalue weighted by atomic mass is 10.1. The molecule has 0 spiro atoms. The Morgan fingerprint density at radius 2 is 1.95 bits per heavy atom. The minimum atomic E-state index is -0.524. The van der Waals surface area contributed by atoms with E-state index in [1.807, 2.05) is 12.1 Å². The Labute approximate surface area is 120 Å². The molecule has 0 aromatic heterocycles. The molecule has 4 nitrogen and oxygen atoms in total. The van der Waals surface area contributed by atoms with E-state index in [-0.39, 0.29) is 5.91 Å². The van der Waals surface area contributed by atoms with E-state index in [4.69, 9.17) is 10.00 Å². The molecule has 20 heavy (non-hydrogen) atoms. The second-order valence-electron chi connectivity index (χ2n) is 5.21. The van der Waals surface area contributed by atoms with Crippen molar-refractivity contribution in [1.82, 2.24) is 5.32 Å². The summed E-state index contributed by atoms with van der Waals surface area (Å²) in [5.41, 5.74) is 0.939. The van der Waals surface area contributed by atoms with Crippen LogP contribution in [0.3, 0.4) is 0 Å². The molecular weight excluding hydrogens is 252 g/mol. The van der Waals surface area contributed by atoms with Gasteiger partial charge in [-0.1, -0.05) is 26.0 Å². The first-order valence-corrected chi connectivity index (χ1v) is 6.93. The molecule has 1 aromatic rings. The molecule has 0 fully saturated rings. The van der Waals surface area contributed by atoms with E-state index in [2.05, 4.69) is 25.2 Å². The Bertz CT molecular complexity index is 460. The van der Waals surface area contributed by atoms with Crippen LogP contribution in [0.4, 0.5) is 0 Å². The van der Waals surface area contributed by atoms with Gasteiger partial charge in [-0.05, 0) is 37.0 Å². The van der Waals surface area contributed by atoms with Crippen molar-refractivity contribution in [3.63, 3.8) is 0 Å². The molecule has 1 unspecified atom stereocenters. The van der Waals surface area contributed by atoms with Gasteiger partial charge in [0.15, 0.2) is 6.10 Å².